The zero-order chi connectivity index (χ0) is 14.6. The molecule has 0 atom stereocenters. The Morgan fingerprint density at radius 3 is 2.16 bits per heavy atom. The number of carbonyl (C=O) groups is 1. The standard InChI is InChI=1S/C13H23F3N2O/c1-9(2)18(8-13(14,15)16)12(19)11-5-3-10(7-17)4-6-11/h9-11H,3-8,17H2,1-2H3. The average molecular weight is 280 g/mol. The van der Waals surface area contributed by atoms with Crippen LogP contribution in [-0.2, 0) is 4.79 Å². The first-order valence-corrected chi connectivity index (χ1v) is 6.82. The van der Waals surface area contributed by atoms with Crippen LogP contribution < -0.4 is 5.73 Å². The second kappa shape index (κ2) is 6.59. The first-order valence-electron chi connectivity index (χ1n) is 6.82. The lowest BCUT2D eigenvalue weighted by atomic mass is 9.81. The largest absolute Gasteiger partial charge is 0.406 e. The Morgan fingerprint density at radius 2 is 1.79 bits per heavy atom. The van der Waals surface area contributed by atoms with Gasteiger partial charge < -0.3 is 10.6 Å². The molecule has 0 heterocycles. The number of nitrogens with zero attached hydrogens (tertiary/aromatic N) is 1. The van der Waals surface area contributed by atoms with Crippen molar-refractivity contribution < 1.29 is 18.0 Å². The van der Waals surface area contributed by atoms with E-state index in [9.17, 15) is 18.0 Å². The zero-order valence-electron chi connectivity index (χ0n) is 11.5. The predicted octanol–water partition coefficient (Wildman–Crippen LogP) is 2.55. The Bertz CT molecular complexity index is 297. The molecular weight excluding hydrogens is 257 g/mol. The van der Waals surface area contributed by atoms with Crippen molar-refractivity contribution in [2.24, 2.45) is 17.6 Å². The number of alkyl halides is 3. The highest BCUT2D eigenvalue weighted by atomic mass is 19.4. The third-order valence-corrected chi connectivity index (χ3v) is 3.79. The first-order chi connectivity index (χ1) is 8.74. The Hall–Kier alpha value is -0.780. The van der Waals surface area contributed by atoms with Gasteiger partial charge in [0.1, 0.15) is 6.54 Å². The van der Waals surface area contributed by atoms with Gasteiger partial charge in [-0.3, -0.25) is 4.79 Å². The van der Waals surface area contributed by atoms with Gasteiger partial charge in [-0.05, 0) is 52.0 Å². The molecule has 112 valence electrons. The molecule has 0 aromatic heterocycles. The Balaban J connectivity index is 2.62. The highest BCUT2D eigenvalue weighted by molar-refractivity contribution is 5.79. The molecule has 0 bridgehead atoms. The second-order valence-electron chi connectivity index (χ2n) is 5.63. The van der Waals surface area contributed by atoms with Crippen LogP contribution in [0.4, 0.5) is 13.2 Å². The molecule has 0 saturated heterocycles. The van der Waals surface area contributed by atoms with Crippen molar-refractivity contribution in [3.05, 3.63) is 0 Å². The maximum Gasteiger partial charge on any atom is 0.406 e. The lowest BCUT2D eigenvalue weighted by Crippen LogP contribution is -2.46. The van der Waals surface area contributed by atoms with E-state index in [0.717, 1.165) is 17.7 Å². The molecule has 1 aliphatic rings. The molecule has 3 nitrogen and oxygen atoms in total. The van der Waals surface area contributed by atoms with Gasteiger partial charge in [-0.25, -0.2) is 0 Å². The number of hydrogen-bond acceptors (Lipinski definition) is 2. The van der Waals surface area contributed by atoms with Crippen LogP contribution in [0.5, 0.6) is 0 Å². The number of hydrogen-bond donors (Lipinski definition) is 1. The van der Waals surface area contributed by atoms with Gasteiger partial charge in [0, 0.05) is 12.0 Å². The predicted molar refractivity (Wildman–Crippen MR) is 67.4 cm³/mol. The fraction of sp³-hybridized carbons (Fsp3) is 0.923. The van der Waals surface area contributed by atoms with Crippen LogP contribution in [0.15, 0.2) is 0 Å². The molecule has 0 aromatic rings. The van der Waals surface area contributed by atoms with E-state index in [0.29, 0.717) is 25.3 Å². The van der Waals surface area contributed by atoms with Gasteiger partial charge in [-0.2, -0.15) is 13.2 Å². The molecule has 1 amide bonds. The molecule has 0 aromatic carbocycles. The minimum atomic E-state index is -4.34. The van der Waals surface area contributed by atoms with E-state index >= 15 is 0 Å². The molecule has 1 saturated carbocycles. The smallest absolute Gasteiger partial charge is 0.331 e. The van der Waals surface area contributed by atoms with Crippen molar-refractivity contribution in [3.63, 3.8) is 0 Å². The highest BCUT2D eigenvalue weighted by Gasteiger charge is 2.37. The molecule has 0 aliphatic heterocycles. The van der Waals surface area contributed by atoms with Crippen LogP contribution in [0.1, 0.15) is 39.5 Å². The molecule has 1 fully saturated rings. The van der Waals surface area contributed by atoms with E-state index < -0.39 is 18.8 Å². The average Bonchev–Trinajstić information content (AvgIpc) is 2.34. The summed E-state index contributed by atoms with van der Waals surface area (Å²) in [5.74, 6) is -0.213. The maximum atomic E-state index is 12.5. The van der Waals surface area contributed by atoms with Crippen LogP contribution >= 0.6 is 0 Å². The van der Waals surface area contributed by atoms with E-state index in [1.165, 1.54) is 0 Å². The van der Waals surface area contributed by atoms with E-state index in [4.69, 9.17) is 5.73 Å². The molecule has 1 rings (SSSR count). The molecular formula is C13H23F3N2O. The van der Waals surface area contributed by atoms with Crippen molar-refractivity contribution in [1.82, 2.24) is 4.90 Å². The molecule has 6 heteroatoms. The summed E-state index contributed by atoms with van der Waals surface area (Å²) in [6.07, 6.45) is -1.35. The van der Waals surface area contributed by atoms with Gasteiger partial charge in [0.15, 0.2) is 0 Å². The fourth-order valence-corrected chi connectivity index (χ4v) is 2.59. The van der Waals surface area contributed by atoms with Crippen LogP contribution in [0.25, 0.3) is 0 Å². The monoisotopic (exact) mass is 280 g/mol. The summed E-state index contributed by atoms with van der Waals surface area (Å²) in [6, 6.07) is -0.429. The highest BCUT2D eigenvalue weighted by Crippen LogP contribution is 2.30. The van der Waals surface area contributed by atoms with E-state index in [-0.39, 0.29) is 11.8 Å². The van der Waals surface area contributed by atoms with E-state index in [2.05, 4.69) is 0 Å². The van der Waals surface area contributed by atoms with Gasteiger partial charge in [0.05, 0.1) is 0 Å². The van der Waals surface area contributed by atoms with Gasteiger partial charge in [0.25, 0.3) is 0 Å². The number of amides is 1. The molecule has 19 heavy (non-hydrogen) atoms. The zero-order valence-corrected chi connectivity index (χ0v) is 11.5. The molecule has 1 aliphatic carbocycles. The number of nitrogens with two attached hydrogens (primary N) is 1. The number of carbonyl (C=O) groups excluding carboxylic acids is 1. The van der Waals surface area contributed by atoms with Gasteiger partial charge in [-0.1, -0.05) is 0 Å². The topological polar surface area (TPSA) is 46.3 Å². The SMILES string of the molecule is CC(C)N(CC(F)(F)F)C(=O)C1CCC(CN)CC1. The van der Waals surface area contributed by atoms with Crippen molar-refractivity contribution >= 4 is 5.91 Å². The van der Waals surface area contributed by atoms with Crippen molar-refractivity contribution in [2.45, 2.75) is 51.7 Å². The Kier molecular flexibility index (Phi) is 5.64. The molecule has 2 N–H and O–H groups in total. The number of halogens is 3. The minimum Gasteiger partial charge on any atom is -0.331 e. The summed E-state index contributed by atoms with van der Waals surface area (Å²) in [5, 5.41) is 0. The fourth-order valence-electron chi connectivity index (χ4n) is 2.59. The summed E-state index contributed by atoms with van der Waals surface area (Å²) in [7, 11) is 0. The van der Waals surface area contributed by atoms with E-state index in [1.54, 1.807) is 13.8 Å². The summed E-state index contributed by atoms with van der Waals surface area (Å²) in [4.78, 5) is 13.2. The van der Waals surface area contributed by atoms with Gasteiger partial charge >= 0.3 is 6.18 Å². The Morgan fingerprint density at radius 1 is 1.26 bits per heavy atom. The lowest BCUT2D eigenvalue weighted by Gasteiger charge is -2.34. The van der Waals surface area contributed by atoms with Crippen molar-refractivity contribution in [1.29, 1.82) is 0 Å². The second-order valence-corrected chi connectivity index (χ2v) is 5.63. The summed E-state index contributed by atoms with van der Waals surface area (Å²) >= 11 is 0. The minimum absolute atomic E-state index is 0.271. The first kappa shape index (κ1) is 16.3. The van der Waals surface area contributed by atoms with Crippen LogP contribution in [-0.4, -0.2) is 36.1 Å². The van der Waals surface area contributed by atoms with Crippen LogP contribution in [0.2, 0.25) is 0 Å². The summed E-state index contributed by atoms with van der Waals surface area (Å²) in [6.45, 7) is 2.68. The number of rotatable bonds is 4. The maximum absolute atomic E-state index is 12.5. The third-order valence-electron chi connectivity index (χ3n) is 3.79. The normalized spacial score (nSPS) is 24.6. The molecule has 0 spiro atoms. The summed E-state index contributed by atoms with van der Waals surface area (Å²) in [5.41, 5.74) is 5.57. The van der Waals surface area contributed by atoms with Crippen molar-refractivity contribution in [3.8, 4) is 0 Å². The van der Waals surface area contributed by atoms with Crippen LogP contribution in [0, 0.1) is 11.8 Å². The van der Waals surface area contributed by atoms with Crippen LogP contribution in [0.3, 0.4) is 0 Å². The molecule has 0 radical (unpaired) electrons. The Labute approximate surface area is 112 Å². The molecule has 0 unspecified atom stereocenters. The summed E-state index contributed by atoms with van der Waals surface area (Å²) < 4.78 is 37.5. The van der Waals surface area contributed by atoms with Gasteiger partial charge in [0.2, 0.25) is 5.91 Å². The van der Waals surface area contributed by atoms with Crippen molar-refractivity contribution in [2.75, 3.05) is 13.1 Å². The lowest BCUT2D eigenvalue weighted by molar-refractivity contribution is -0.168. The van der Waals surface area contributed by atoms with E-state index in [1.807, 2.05) is 0 Å². The van der Waals surface area contributed by atoms with Gasteiger partial charge in [-0.15, -0.1) is 0 Å². The quantitative estimate of drug-likeness (QED) is 0.860. The third kappa shape index (κ3) is 5.01.